The highest BCUT2D eigenvalue weighted by molar-refractivity contribution is 9.10. The van der Waals surface area contributed by atoms with Gasteiger partial charge in [0.25, 0.3) is 0 Å². The van der Waals surface area contributed by atoms with Crippen molar-refractivity contribution in [3.63, 3.8) is 0 Å². The van der Waals surface area contributed by atoms with E-state index in [0.29, 0.717) is 53.8 Å². The van der Waals surface area contributed by atoms with Crippen molar-refractivity contribution in [2.24, 2.45) is 0 Å². The zero-order chi connectivity index (χ0) is 27.4. The fourth-order valence-corrected chi connectivity index (χ4v) is 4.92. The highest BCUT2D eigenvalue weighted by atomic mass is 79.9. The molecule has 3 aromatic carbocycles. The van der Waals surface area contributed by atoms with Crippen LogP contribution in [0.4, 0.5) is 4.39 Å². The number of amides is 2. The summed E-state index contributed by atoms with van der Waals surface area (Å²) in [6.07, 6.45) is 0. The van der Waals surface area contributed by atoms with Crippen molar-refractivity contribution in [3.8, 4) is 11.5 Å². The summed E-state index contributed by atoms with van der Waals surface area (Å²) < 4.78 is 20.3. The van der Waals surface area contributed by atoms with Crippen LogP contribution in [0.15, 0.2) is 65.1 Å². The Bertz CT molecular complexity index is 1310. The molecule has 1 unspecified atom stereocenters. The van der Waals surface area contributed by atoms with Gasteiger partial charge in [0, 0.05) is 55.3 Å². The Morgan fingerprint density at radius 1 is 1.03 bits per heavy atom. The summed E-state index contributed by atoms with van der Waals surface area (Å²) >= 11 is 9.92. The van der Waals surface area contributed by atoms with Crippen molar-refractivity contribution in [2.75, 3.05) is 33.2 Å². The van der Waals surface area contributed by atoms with E-state index >= 15 is 0 Å². The summed E-state index contributed by atoms with van der Waals surface area (Å²) in [5, 5.41) is 0.406. The van der Waals surface area contributed by atoms with E-state index in [1.807, 2.05) is 12.1 Å². The first kappa shape index (κ1) is 28.1. The molecule has 0 N–H and O–H groups in total. The van der Waals surface area contributed by atoms with Crippen molar-refractivity contribution in [2.45, 2.75) is 26.4 Å². The Hall–Kier alpha value is -2.94. The second kappa shape index (κ2) is 12.3. The van der Waals surface area contributed by atoms with E-state index in [-0.39, 0.29) is 18.4 Å². The van der Waals surface area contributed by atoms with Gasteiger partial charge in [0.1, 0.15) is 17.3 Å². The van der Waals surface area contributed by atoms with Crippen LogP contribution in [0.1, 0.15) is 29.7 Å². The lowest BCUT2D eigenvalue weighted by atomic mass is 10.1. The minimum absolute atomic E-state index is 0.180. The van der Waals surface area contributed by atoms with Crippen LogP contribution in [-0.2, 0) is 16.1 Å². The number of rotatable bonds is 6. The number of hydrogen-bond donors (Lipinski definition) is 0. The third-order valence-corrected chi connectivity index (χ3v) is 7.71. The van der Waals surface area contributed by atoms with E-state index in [4.69, 9.17) is 16.3 Å². The number of benzene rings is 3. The molecule has 4 rings (SSSR count). The largest absolute Gasteiger partial charge is 0.457 e. The van der Waals surface area contributed by atoms with Gasteiger partial charge in [-0.3, -0.25) is 14.5 Å². The molecule has 0 radical (unpaired) electrons. The molecular formula is C29H30BrClFN3O3. The minimum atomic E-state index is -0.572. The van der Waals surface area contributed by atoms with Gasteiger partial charge >= 0.3 is 11.8 Å². The molecule has 1 atom stereocenters. The van der Waals surface area contributed by atoms with Crippen LogP contribution in [0, 0.1) is 12.7 Å². The summed E-state index contributed by atoms with van der Waals surface area (Å²) in [6.45, 7) is 6.38. The van der Waals surface area contributed by atoms with Crippen molar-refractivity contribution in [3.05, 3.63) is 92.7 Å². The normalized spacial score (nSPS) is 14.7. The van der Waals surface area contributed by atoms with Crippen LogP contribution in [0.5, 0.6) is 11.5 Å². The summed E-state index contributed by atoms with van der Waals surface area (Å²) in [5.74, 6) is -0.393. The first-order valence-corrected chi connectivity index (χ1v) is 13.6. The molecule has 200 valence electrons. The first-order chi connectivity index (χ1) is 18.1. The predicted molar refractivity (Wildman–Crippen MR) is 150 cm³/mol. The molecule has 1 fully saturated rings. The van der Waals surface area contributed by atoms with Crippen LogP contribution >= 0.6 is 27.5 Å². The summed E-state index contributed by atoms with van der Waals surface area (Å²) in [4.78, 5) is 31.2. The number of hydrogen-bond acceptors (Lipinski definition) is 4. The number of likely N-dealkylation sites (N-methyl/N-ethyl adjacent to an activating group) is 1. The second-order valence-corrected chi connectivity index (χ2v) is 10.8. The molecule has 1 heterocycles. The van der Waals surface area contributed by atoms with Crippen molar-refractivity contribution in [1.29, 1.82) is 0 Å². The molecule has 0 aromatic heterocycles. The van der Waals surface area contributed by atoms with Crippen LogP contribution in [0.25, 0.3) is 0 Å². The second-order valence-electron chi connectivity index (χ2n) is 9.48. The minimum Gasteiger partial charge on any atom is -0.457 e. The van der Waals surface area contributed by atoms with Gasteiger partial charge in [-0.2, -0.15) is 0 Å². The van der Waals surface area contributed by atoms with E-state index in [9.17, 15) is 14.0 Å². The van der Waals surface area contributed by atoms with Gasteiger partial charge in [-0.15, -0.1) is 0 Å². The van der Waals surface area contributed by atoms with Gasteiger partial charge in [-0.1, -0.05) is 45.7 Å². The average molecular weight is 603 g/mol. The smallest absolute Gasteiger partial charge is 0.312 e. The van der Waals surface area contributed by atoms with Gasteiger partial charge in [0.2, 0.25) is 0 Å². The Balaban J connectivity index is 1.31. The highest BCUT2D eigenvalue weighted by Gasteiger charge is 2.30. The SMILES string of the molecule is Cc1cc(Oc2ccc(CN(C)C(=O)C(=O)N3CCN(C(C)c4ccc(Br)cc4)CC3)c(Cl)c2)ccc1F. The summed E-state index contributed by atoms with van der Waals surface area (Å²) in [6, 6.07) is 18.1. The van der Waals surface area contributed by atoms with Gasteiger partial charge in [-0.05, 0) is 73.0 Å². The van der Waals surface area contributed by atoms with E-state index in [2.05, 4.69) is 39.9 Å². The molecule has 2 amide bonds. The number of halogens is 3. The number of ether oxygens (including phenoxy) is 1. The van der Waals surface area contributed by atoms with Crippen LogP contribution in [0.3, 0.4) is 0 Å². The summed E-state index contributed by atoms with van der Waals surface area (Å²) in [5.41, 5.74) is 2.38. The number of carbonyl (C=O) groups is 2. The van der Waals surface area contributed by atoms with Crippen LogP contribution in [0.2, 0.25) is 5.02 Å². The lowest BCUT2D eigenvalue weighted by molar-refractivity contribution is -0.152. The molecule has 0 saturated carbocycles. The van der Waals surface area contributed by atoms with Crippen molar-refractivity contribution >= 4 is 39.3 Å². The fraction of sp³-hybridized carbons (Fsp3) is 0.310. The lowest BCUT2D eigenvalue weighted by Crippen LogP contribution is -2.53. The Labute approximate surface area is 236 Å². The third-order valence-electron chi connectivity index (χ3n) is 6.83. The monoisotopic (exact) mass is 601 g/mol. The zero-order valence-electron chi connectivity index (χ0n) is 21.6. The maximum Gasteiger partial charge on any atom is 0.312 e. The van der Waals surface area contributed by atoms with Gasteiger partial charge in [0.05, 0.1) is 0 Å². The maximum absolute atomic E-state index is 13.5. The van der Waals surface area contributed by atoms with E-state index in [0.717, 1.165) is 4.47 Å². The molecule has 0 spiro atoms. The molecule has 38 heavy (non-hydrogen) atoms. The maximum atomic E-state index is 13.5. The Morgan fingerprint density at radius 3 is 2.29 bits per heavy atom. The standard InChI is InChI=1S/C29H30BrClFN3O3/c1-19-16-24(10-11-27(19)32)38-25-9-6-22(26(31)17-25)18-33(3)28(36)29(37)35-14-12-34(13-15-35)20(2)21-4-7-23(30)8-5-21/h4-11,16-17,20H,12-15,18H2,1-3H3. The van der Waals surface area contributed by atoms with Crippen molar-refractivity contribution < 1.29 is 18.7 Å². The molecule has 1 aliphatic rings. The van der Waals surface area contributed by atoms with Crippen LogP contribution < -0.4 is 4.74 Å². The predicted octanol–water partition coefficient (Wildman–Crippen LogP) is 6.21. The summed E-state index contributed by atoms with van der Waals surface area (Å²) in [7, 11) is 1.59. The van der Waals surface area contributed by atoms with Crippen LogP contribution in [-0.4, -0.2) is 59.7 Å². The molecule has 6 nitrogen and oxygen atoms in total. The lowest BCUT2D eigenvalue weighted by Gasteiger charge is -2.38. The number of aryl methyl sites for hydroxylation is 1. The van der Waals surface area contributed by atoms with Gasteiger partial charge in [0.15, 0.2) is 0 Å². The van der Waals surface area contributed by atoms with E-state index in [1.54, 1.807) is 49.2 Å². The highest BCUT2D eigenvalue weighted by Crippen LogP contribution is 2.29. The molecule has 9 heteroatoms. The van der Waals surface area contributed by atoms with Crippen molar-refractivity contribution in [1.82, 2.24) is 14.7 Å². The van der Waals surface area contributed by atoms with E-state index < -0.39 is 11.8 Å². The molecule has 0 bridgehead atoms. The molecule has 3 aromatic rings. The fourth-order valence-electron chi connectivity index (χ4n) is 4.43. The number of carbonyl (C=O) groups excluding carboxylic acids is 2. The van der Waals surface area contributed by atoms with Gasteiger partial charge in [-0.25, -0.2) is 4.39 Å². The molecule has 1 saturated heterocycles. The molecule has 0 aliphatic carbocycles. The topological polar surface area (TPSA) is 53.1 Å². The number of nitrogens with zero attached hydrogens (tertiary/aromatic N) is 3. The zero-order valence-corrected chi connectivity index (χ0v) is 23.9. The Kier molecular flexibility index (Phi) is 9.07. The van der Waals surface area contributed by atoms with E-state index in [1.165, 1.54) is 16.5 Å². The number of piperazine rings is 1. The molecular weight excluding hydrogens is 573 g/mol. The average Bonchev–Trinajstić information content (AvgIpc) is 2.91. The molecule has 1 aliphatic heterocycles. The Morgan fingerprint density at radius 2 is 1.66 bits per heavy atom. The van der Waals surface area contributed by atoms with Gasteiger partial charge < -0.3 is 14.5 Å². The first-order valence-electron chi connectivity index (χ1n) is 12.4. The third kappa shape index (κ3) is 6.73. The quantitative estimate of drug-likeness (QED) is 0.315.